The second-order valence-corrected chi connectivity index (χ2v) is 11.8. The lowest BCUT2D eigenvalue weighted by atomic mass is 10.1. The van der Waals surface area contributed by atoms with Crippen molar-refractivity contribution in [2.45, 2.75) is 169 Å². The van der Waals surface area contributed by atoms with Crippen LogP contribution in [0.2, 0.25) is 0 Å². The van der Waals surface area contributed by atoms with Gasteiger partial charge in [-0.1, -0.05) is 104 Å². The van der Waals surface area contributed by atoms with Gasteiger partial charge in [0, 0.05) is 0 Å². The molecule has 230 valence electrons. The number of ether oxygens (including phenoxy) is 2. The van der Waals surface area contributed by atoms with Crippen molar-refractivity contribution in [1.82, 2.24) is 9.13 Å². The molecule has 2 heterocycles. The molecule has 0 radical (unpaired) electrons. The second-order valence-electron chi connectivity index (χ2n) is 11.8. The summed E-state index contributed by atoms with van der Waals surface area (Å²) in [6.07, 6.45) is 39.4. The van der Waals surface area contributed by atoms with E-state index in [1.807, 2.05) is 0 Å². The van der Waals surface area contributed by atoms with Gasteiger partial charge in [0.2, 0.25) is 12.7 Å². The van der Waals surface area contributed by atoms with Crippen molar-refractivity contribution in [3.05, 3.63) is 37.4 Å². The van der Waals surface area contributed by atoms with E-state index in [0.29, 0.717) is 13.5 Å². The third-order valence-corrected chi connectivity index (χ3v) is 7.84. The quantitative estimate of drug-likeness (QED) is 0.0740. The van der Waals surface area contributed by atoms with E-state index in [9.17, 15) is 0 Å². The van der Waals surface area contributed by atoms with Crippen LogP contribution in [0, 0.1) is 0 Å². The fourth-order valence-corrected chi connectivity index (χ4v) is 5.25. The highest BCUT2D eigenvalue weighted by atomic mass is 16.5. The standard InChI is InChI=1S/C34H64N4O2/c1-3-5-7-9-15-19-23-35-25-27-37(31-35)33-39-29-21-17-13-11-12-14-18-22-30-40-34-38-28-26-36(32-38)24-20-16-10-8-6-4-2/h25-28,31-32H,3-24,29-30,33-34H2,1-2H3/q+2. The number of nitrogens with zero attached hydrogens (tertiary/aromatic N) is 4. The third kappa shape index (κ3) is 18.6. The number of rotatable bonds is 29. The highest BCUT2D eigenvalue weighted by molar-refractivity contribution is 4.66. The van der Waals surface area contributed by atoms with Gasteiger partial charge in [-0.2, -0.15) is 0 Å². The van der Waals surface area contributed by atoms with Gasteiger partial charge in [0.25, 0.3) is 0 Å². The van der Waals surface area contributed by atoms with Crippen LogP contribution in [0.15, 0.2) is 37.4 Å². The van der Waals surface area contributed by atoms with Crippen LogP contribution >= 0.6 is 0 Å². The number of imidazole rings is 2. The SMILES string of the molecule is CCCCCCCCn1cc[n+](COCCCCCCCCCCOC[n+]2ccn(CCCCCCCC)c2)c1. The van der Waals surface area contributed by atoms with Gasteiger partial charge in [-0.15, -0.1) is 0 Å². The number of aryl methyl sites for hydroxylation is 2. The van der Waals surface area contributed by atoms with Gasteiger partial charge in [0.05, 0.1) is 26.3 Å². The van der Waals surface area contributed by atoms with E-state index < -0.39 is 0 Å². The number of aromatic nitrogens is 4. The van der Waals surface area contributed by atoms with Crippen LogP contribution in [0.4, 0.5) is 0 Å². The molecule has 40 heavy (non-hydrogen) atoms. The predicted octanol–water partition coefficient (Wildman–Crippen LogP) is 8.35. The summed E-state index contributed by atoms with van der Waals surface area (Å²) in [7, 11) is 0. The van der Waals surface area contributed by atoms with Crippen LogP contribution < -0.4 is 9.13 Å². The maximum Gasteiger partial charge on any atom is 0.245 e. The maximum atomic E-state index is 5.89. The molecule has 2 aromatic rings. The molecule has 0 saturated heterocycles. The zero-order chi connectivity index (χ0) is 28.4. The van der Waals surface area contributed by atoms with E-state index in [1.54, 1.807) is 0 Å². The minimum Gasteiger partial charge on any atom is -0.342 e. The zero-order valence-corrected chi connectivity index (χ0v) is 26.5. The molecule has 0 aromatic carbocycles. The monoisotopic (exact) mass is 561 g/mol. The molecule has 0 atom stereocenters. The maximum absolute atomic E-state index is 5.89. The van der Waals surface area contributed by atoms with E-state index in [-0.39, 0.29) is 0 Å². The fourth-order valence-electron chi connectivity index (χ4n) is 5.25. The van der Waals surface area contributed by atoms with Crippen molar-refractivity contribution < 1.29 is 18.6 Å². The first-order chi connectivity index (χ1) is 19.8. The molecule has 2 aromatic heterocycles. The lowest BCUT2D eigenvalue weighted by molar-refractivity contribution is -0.732. The first kappa shape index (κ1) is 34.5. The van der Waals surface area contributed by atoms with Crippen molar-refractivity contribution in [2.24, 2.45) is 0 Å². The van der Waals surface area contributed by atoms with Gasteiger partial charge in [0.15, 0.2) is 13.5 Å². The smallest absolute Gasteiger partial charge is 0.245 e. The van der Waals surface area contributed by atoms with Crippen LogP contribution in [-0.4, -0.2) is 22.3 Å². The molecular weight excluding hydrogens is 496 g/mol. The molecule has 0 saturated carbocycles. The summed E-state index contributed by atoms with van der Waals surface area (Å²) >= 11 is 0. The topological polar surface area (TPSA) is 36.1 Å². The number of hydrogen-bond donors (Lipinski definition) is 0. The van der Waals surface area contributed by atoms with Gasteiger partial charge >= 0.3 is 0 Å². The summed E-state index contributed by atoms with van der Waals surface area (Å²) in [6.45, 7) is 9.89. The Hall–Kier alpha value is -1.66. The fraction of sp³-hybridized carbons (Fsp3) is 0.824. The van der Waals surface area contributed by atoms with E-state index in [2.05, 4.69) is 69.6 Å². The molecule has 0 bridgehead atoms. The summed E-state index contributed by atoms with van der Waals surface area (Å²) in [4.78, 5) is 0. The van der Waals surface area contributed by atoms with Crippen LogP contribution in [0.25, 0.3) is 0 Å². The van der Waals surface area contributed by atoms with Crippen molar-refractivity contribution in [3.63, 3.8) is 0 Å². The summed E-state index contributed by atoms with van der Waals surface area (Å²) < 4.78 is 20.7. The van der Waals surface area contributed by atoms with Gasteiger partial charge in [-0.3, -0.25) is 0 Å². The van der Waals surface area contributed by atoms with E-state index >= 15 is 0 Å². The van der Waals surface area contributed by atoms with Gasteiger partial charge in [-0.05, 0) is 38.5 Å². The molecule has 0 N–H and O–H groups in total. The Labute approximate surface area is 247 Å². The molecule has 0 unspecified atom stereocenters. The highest BCUT2D eigenvalue weighted by Gasteiger charge is 2.05. The van der Waals surface area contributed by atoms with Gasteiger partial charge in [-0.25, -0.2) is 18.3 Å². The first-order valence-electron chi connectivity index (χ1n) is 17.1. The van der Waals surface area contributed by atoms with Crippen molar-refractivity contribution in [2.75, 3.05) is 13.2 Å². The Morgan fingerprint density at radius 1 is 0.450 bits per heavy atom. The lowest BCUT2D eigenvalue weighted by Crippen LogP contribution is -2.32. The molecule has 0 aliphatic carbocycles. The van der Waals surface area contributed by atoms with E-state index in [0.717, 1.165) is 26.3 Å². The Kier molecular flexibility index (Phi) is 21.7. The number of unbranched alkanes of at least 4 members (excludes halogenated alkanes) is 17. The van der Waals surface area contributed by atoms with E-state index in [1.165, 1.54) is 128 Å². The minimum atomic E-state index is 0.676. The van der Waals surface area contributed by atoms with Crippen molar-refractivity contribution in [1.29, 1.82) is 0 Å². The highest BCUT2D eigenvalue weighted by Crippen LogP contribution is 2.09. The number of hydrogen-bond acceptors (Lipinski definition) is 2. The first-order valence-corrected chi connectivity index (χ1v) is 17.1. The largest absolute Gasteiger partial charge is 0.342 e. The molecule has 0 fully saturated rings. The van der Waals surface area contributed by atoms with Gasteiger partial charge < -0.3 is 9.47 Å². The molecule has 0 aliphatic heterocycles. The molecule has 0 spiro atoms. The Morgan fingerprint density at radius 2 is 0.800 bits per heavy atom. The molecule has 2 rings (SSSR count). The summed E-state index contributed by atoms with van der Waals surface area (Å²) in [6, 6.07) is 0. The summed E-state index contributed by atoms with van der Waals surface area (Å²) in [5, 5.41) is 0. The Morgan fingerprint density at radius 3 is 1.20 bits per heavy atom. The predicted molar refractivity (Wildman–Crippen MR) is 165 cm³/mol. The molecule has 6 nitrogen and oxygen atoms in total. The zero-order valence-electron chi connectivity index (χ0n) is 26.5. The van der Waals surface area contributed by atoms with Crippen LogP contribution in [0.3, 0.4) is 0 Å². The Balaban J connectivity index is 1.30. The Bertz CT molecular complexity index is 737. The molecule has 6 heteroatoms. The van der Waals surface area contributed by atoms with Crippen molar-refractivity contribution >= 4 is 0 Å². The van der Waals surface area contributed by atoms with Gasteiger partial charge in [0.1, 0.15) is 24.8 Å². The molecule has 0 aliphatic rings. The average molecular weight is 561 g/mol. The molecular formula is C34H64N4O2+2. The summed E-state index contributed by atoms with van der Waals surface area (Å²) in [5.74, 6) is 0. The third-order valence-electron chi connectivity index (χ3n) is 7.84. The van der Waals surface area contributed by atoms with E-state index in [4.69, 9.17) is 9.47 Å². The summed E-state index contributed by atoms with van der Waals surface area (Å²) in [5.41, 5.74) is 0. The lowest BCUT2D eigenvalue weighted by Gasteiger charge is -2.04. The van der Waals surface area contributed by atoms with Crippen LogP contribution in [-0.2, 0) is 36.0 Å². The molecule has 0 amide bonds. The second kappa shape index (κ2) is 25.1. The van der Waals surface area contributed by atoms with Crippen LogP contribution in [0.5, 0.6) is 0 Å². The van der Waals surface area contributed by atoms with Crippen molar-refractivity contribution in [3.8, 4) is 0 Å². The average Bonchev–Trinajstić information content (AvgIpc) is 3.62. The van der Waals surface area contributed by atoms with Crippen LogP contribution in [0.1, 0.15) is 142 Å². The minimum absolute atomic E-state index is 0.676. The normalized spacial score (nSPS) is 11.6.